The maximum atomic E-state index is 11.7. The summed E-state index contributed by atoms with van der Waals surface area (Å²) < 4.78 is 0. The first-order valence-electron chi connectivity index (χ1n) is 7.07. The molecule has 0 radical (unpaired) electrons. The molecule has 1 aromatic rings. The molecule has 2 unspecified atom stereocenters. The van der Waals surface area contributed by atoms with Gasteiger partial charge in [-0.2, -0.15) is 0 Å². The standard InChI is InChI=1S/C15H25N3O/c1-5-11(3)9-12(4)18-13-7-8-17-14(10-13)15(19)16-6-2/h7-8,10-12H,5-6,9H2,1-4H3,(H,16,19)(H,17,18). The molecule has 1 rings (SSSR count). The summed E-state index contributed by atoms with van der Waals surface area (Å²) in [6.45, 7) is 9.14. The number of hydrogen-bond acceptors (Lipinski definition) is 3. The van der Waals surface area contributed by atoms with Gasteiger partial charge in [-0.25, -0.2) is 0 Å². The molecule has 0 aliphatic carbocycles. The zero-order valence-electron chi connectivity index (χ0n) is 12.4. The lowest BCUT2D eigenvalue weighted by atomic mass is 10.0. The number of amides is 1. The number of carbonyl (C=O) groups excluding carboxylic acids is 1. The quantitative estimate of drug-likeness (QED) is 0.795. The van der Waals surface area contributed by atoms with Crippen LogP contribution in [0, 0.1) is 5.92 Å². The van der Waals surface area contributed by atoms with Crippen LogP contribution in [0.15, 0.2) is 18.3 Å². The summed E-state index contributed by atoms with van der Waals surface area (Å²) in [4.78, 5) is 15.8. The molecular formula is C15H25N3O. The highest BCUT2D eigenvalue weighted by molar-refractivity contribution is 5.93. The molecule has 0 aromatic carbocycles. The summed E-state index contributed by atoms with van der Waals surface area (Å²) in [6.07, 6.45) is 3.98. The lowest BCUT2D eigenvalue weighted by Gasteiger charge is -2.18. The van der Waals surface area contributed by atoms with Crippen molar-refractivity contribution < 1.29 is 4.79 Å². The van der Waals surface area contributed by atoms with E-state index in [1.807, 2.05) is 13.0 Å². The van der Waals surface area contributed by atoms with Crippen molar-refractivity contribution in [2.75, 3.05) is 11.9 Å². The molecule has 0 aliphatic heterocycles. The third kappa shape index (κ3) is 5.28. The smallest absolute Gasteiger partial charge is 0.269 e. The molecule has 1 amide bonds. The summed E-state index contributed by atoms with van der Waals surface area (Å²) >= 11 is 0. The molecule has 2 atom stereocenters. The second-order valence-electron chi connectivity index (χ2n) is 5.08. The number of hydrogen-bond donors (Lipinski definition) is 2. The topological polar surface area (TPSA) is 54.0 Å². The first-order valence-corrected chi connectivity index (χ1v) is 7.07. The monoisotopic (exact) mass is 263 g/mol. The predicted octanol–water partition coefficient (Wildman–Crippen LogP) is 3.07. The lowest BCUT2D eigenvalue weighted by molar-refractivity contribution is 0.0951. The second-order valence-corrected chi connectivity index (χ2v) is 5.08. The average Bonchev–Trinajstić information content (AvgIpc) is 2.39. The number of nitrogens with one attached hydrogen (secondary N) is 2. The molecule has 0 spiro atoms. The van der Waals surface area contributed by atoms with E-state index in [0.717, 1.165) is 12.1 Å². The Kier molecular flexibility index (Phi) is 6.33. The van der Waals surface area contributed by atoms with Crippen molar-refractivity contribution in [1.82, 2.24) is 10.3 Å². The van der Waals surface area contributed by atoms with Crippen molar-refractivity contribution in [3.63, 3.8) is 0 Å². The lowest BCUT2D eigenvalue weighted by Crippen LogP contribution is -2.24. The van der Waals surface area contributed by atoms with E-state index in [0.29, 0.717) is 24.2 Å². The molecule has 1 heterocycles. The molecule has 2 N–H and O–H groups in total. The van der Waals surface area contributed by atoms with Gasteiger partial charge in [-0.3, -0.25) is 9.78 Å². The molecule has 0 aliphatic rings. The van der Waals surface area contributed by atoms with E-state index in [1.54, 1.807) is 12.3 Å². The molecule has 0 saturated carbocycles. The minimum absolute atomic E-state index is 0.124. The van der Waals surface area contributed by atoms with E-state index in [-0.39, 0.29) is 5.91 Å². The number of pyridine rings is 1. The summed E-state index contributed by atoms with van der Waals surface area (Å²) in [5.41, 5.74) is 1.41. The van der Waals surface area contributed by atoms with Crippen LogP contribution in [0.1, 0.15) is 51.0 Å². The zero-order valence-corrected chi connectivity index (χ0v) is 12.4. The molecule has 106 valence electrons. The van der Waals surface area contributed by atoms with Crippen molar-refractivity contribution in [3.05, 3.63) is 24.0 Å². The van der Waals surface area contributed by atoms with Gasteiger partial charge in [-0.1, -0.05) is 20.3 Å². The summed E-state index contributed by atoms with van der Waals surface area (Å²) in [6, 6.07) is 4.09. The Balaban J connectivity index is 2.64. The molecule has 0 bridgehead atoms. The van der Waals surface area contributed by atoms with Crippen molar-refractivity contribution in [3.8, 4) is 0 Å². The van der Waals surface area contributed by atoms with E-state index in [2.05, 4.69) is 36.4 Å². The fourth-order valence-corrected chi connectivity index (χ4v) is 2.01. The van der Waals surface area contributed by atoms with E-state index in [1.165, 1.54) is 6.42 Å². The first kappa shape index (κ1) is 15.5. The Hall–Kier alpha value is -1.58. The fourth-order valence-electron chi connectivity index (χ4n) is 2.01. The number of carbonyl (C=O) groups is 1. The molecule has 19 heavy (non-hydrogen) atoms. The van der Waals surface area contributed by atoms with E-state index in [9.17, 15) is 4.79 Å². The van der Waals surface area contributed by atoms with Gasteiger partial charge in [0, 0.05) is 24.5 Å². The van der Waals surface area contributed by atoms with Gasteiger partial charge in [0.15, 0.2) is 0 Å². The van der Waals surface area contributed by atoms with Gasteiger partial charge in [0.1, 0.15) is 5.69 Å². The molecular weight excluding hydrogens is 238 g/mol. The molecule has 4 nitrogen and oxygen atoms in total. The third-order valence-electron chi connectivity index (χ3n) is 3.20. The van der Waals surface area contributed by atoms with E-state index >= 15 is 0 Å². The molecule has 4 heteroatoms. The fraction of sp³-hybridized carbons (Fsp3) is 0.600. The van der Waals surface area contributed by atoms with Crippen molar-refractivity contribution in [2.24, 2.45) is 5.92 Å². The van der Waals surface area contributed by atoms with Crippen LogP contribution in [0.2, 0.25) is 0 Å². The van der Waals surface area contributed by atoms with Gasteiger partial charge in [0.05, 0.1) is 0 Å². The highest BCUT2D eigenvalue weighted by Gasteiger charge is 2.10. The maximum absolute atomic E-state index is 11.7. The zero-order chi connectivity index (χ0) is 14.3. The van der Waals surface area contributed by atoms with Crippen molar-refractivity contribution in [1.29, 1.82) is 0 Å². The minimum atomic E-state index is -0.124. The van der Waals surface area contributed by atoms with Crippen LogP contribution in [0.5, 0.6) is 0 Å². The number of anilines is 1. The Bertz CT molecular complexity index is 406. The van der Waals surface area contributed by atoms with Gasteiger partial charge >= 0.3 is 0 Å². The third-order valence-corrected chi connectivity index (χ3v) is 3.20. The normalized spacial score (nSPS) is 13.7. The van der Waals surface area contributed by atoms with E-state index in [4.69, 9.17) is 0 Å². The van der Waals surface area contributed by atoms with Crippen molar-refractivity contribution >= 4 is 11.6 Å². The molecule has 1 aromatic heterocycles. The van der Waals surface area contributed by atoms with Gasteiger partial charge in [-0.15, -0.1) is 0 Å². The number of rotatable bonds is 7. The summed E-state index contributed by atoms with van der Waals surface area (Å²) in [7, 11) is 0. The Labute approximate surface area is 116 Å². The first-order chi connectivity index (χ1) is 9.06. The highest BCUT2D eigenvalue weighted by Crippen LogP contribution is 2.15. The van der Waals surface area contributed by atoms with Gasteiger partial charge in [-0.05, 0) is 38.3 Å². The second kappa shape index (κ2) is 7.77. The largest absolute Gasteiger partial charge is 0.382 e. The van der Waals surface area contributed by atoms with Gasteiger partial charge in [0.25, 0.3) is 5.91 Å². The average molecular weight is 263 g/mol. The Morgan fingerprint density at radius 1 is 1.37 bits per heavy atom. The summed E-state index contributed by atoms with van der Waals surface area (Å²) in [5, 5.41) is 6.18. The van der Waals surface area contributed by atoms with Crippen LogP contribution in [-0.4, -0.2) is 23.5 Å². The maximum Gasteiger partial charge on any atom is 0.269 e. The number of nitrogens with zero attached hydrogens (tertiary/aromatic N) is 1. The Morgan fingerprint density at radius 3 is 2.74 bits per heavy atom. The molecule has 0 fully saturated rings. The number of aromatic nitrogens is 1. The predicted molar refractivity (Wildman–Crippen MR) is 79.4 cm³/mol. The van der Waals surface area contributed by atoms with Crippen LogP contribution in [0.25, 0.3) is 0 Å². The Morgan fingerprint density at radius 2 is 2.11 bits per heavy atom. The molecule has 0 saturated heterocycles. The van der Waals surface area contributed by atoms with Gasteiger partial charge < -0.3 is 10.6 Å². The van der Waals surface area contributed by atoms with Gasteiger partial charge in [0.2, 0.25) is 0 Å². The van der Waals surface area contributed by atoms with Crippen LogP contribution in [0.3, 0.4) is 0 Å². The van der Waals surface area contributed by atoms with Crippen LogP contribution in [-0.2, 0) is 0 Å². The highest BCUT2D eigenvalue weighted by atomic mass is 16.1. The van der Waals surface area contributed by atoms with Crippen LogP contribution in [0.4, 0.5) is 5.69 Å². The van der Waals surface area contributed by atoms with Crippen LogP contribution < -0.4 is 10.6 Å². The van der Waals surface area contributed by atoms with Crippen LogP contribution >= 0.6 is 0 Å². The van der Waals surface area contributed by atoms with E-state index < -0.39 is 0 Å². The van der Waals surface area contributed by atoms with Crippen molar-refractivity contribution in [2.45, 2.75) is 46.6 Å². The minimum Gasteiger partial charge on any atom is -0.382 e. The SMILES string of the molecule is CCNC(=O)c1cc(NC(C)CC(C)CC)ccn1. The summed E-state index contributed by atoms with van der Waals surface area (Å²) in [5.74, 6) is 0.577.